The van der Waals surface area contributed by atoms with E-state index in [0.29, 0.717) is 19.0 Å². The number of aliphatic imine (C=N–C) groups is 1. The van der Waals surface area contributed by atoms with Crippen molar-refractivity contribution in [2.75, 3.05) is 31.5 Å². The molecule has 3 N–H and O–H groups in total. The second kappa shape index (κ2) is 10.8. The number of rotatable bonds is 6. The molecule has 1 aromatic carbocycles. The molecule has 2 amide bonds. The van der Waals surface area contributed by atoms with Crippen molar-refractivity contribution in [3.8, 4) is 0 Å². The lowest BCUT2D eigenvalue weighted by molar-refractivity contribution is -0.114. The highest BCUT2D eigenvalue weighted by Crippen LogP contribution is 2.13. The standard InChI is InChI=1S/C22H35N5O3/c1-6-16-9-8-10-17(13-16)25-19(28)14-24-20(23-7-2)27-12-11-18(15-27)26-21(29)30-22(3,4)5/h8-10,13,18H,6-7,11-12,14-15H2,1-5H3,(H,23,24)(H,25,28)(H,26,29). The van der Waals surface area contributed by atoms with Gasteiger partial charge in [-0.05, 0) is 58.2 Å². The number of nitrogens with one attached hydrogen (secondary N) is 3. The maximum atomic E-state index is 12.3. The number of hydrogen-bond donors (Lipinski definition) is 3. The lowest BCUT2D eigenvalue weighted by atomic mass is 10.1. The van der Waals surface area contributed by atoms with Gasteiger partial charge < -0.3 is 25.6 Å². The van der Waals surface area contributed by atoms with E-state index in [0.717, 1.165) is 25.1 Å². The van der Waals surface area contributed by atoms with E-state index in [1.54, 1.807) is 0 Å². The summed E-state index contributed by atoms with van der Waals surface area (Å²) >= 11 is 0. The van der Waals surface area contributed by atoms with Crippen molar-refractivity contribution in [3.63, 3.8) is 0 Å². The SMILES string of the molecule is CCNC(=NCC(=O)Nc1cccc(CC)c1)N1CCC(NC(=O)OC(C)(C)C)C1. The highest BCUT2D eigenvalue weighted by atomic mass is 16.6. The molecule has 8 heteroatoms. The Bertz CT molecular complexity index is 757. The third kappa shape index (κ3) is 7.93. The van der Waals surface area contributed by atoms with Crippen LogP contribution in [0.1, 0.15) is 46.6 Å². The van der Waals surface area contributed by atoms with E-state index in [-0.39, 0.29) is 18.5 Å². The first-order valence-corrected chi connectivity index (χ1v) is 10.6. The zero-order valence-electron chi connectivity index (χ0n) is 18.7. The van der Waals surface area contributed by atoms with Crippen LogP contribution < -0.4 is 16.0 Å². The predicted molar refractivity (Wildman–Crippen MR) is 120 cm³/mol. The molecule has 0 aromatic heterocycles. The van der Waals surface area contributed by atoms with Crippen LogP contribution in [0.3, 0.4) is 0 Å². The quantitative estimate of drug-likeness (QED) is 0.489. The van der Waals surface area contributed by atoms with Crippen LogP contribution in [0.25, 0.3) is 0 Å². The fourth-order valence-electron chi connectivity index (χ4n) is 3.19. The van der Waals surface area contributed by atoms with Crippen molar-refractivity contribution in [1.82, 2.24) is 15.5 Å². The number of aryl methyl sites for hydroxylation is 1. The predicted octanol–water partition coefficient (Wildman–Crippen LogP) is 2.75. The van der Waals surface area contributed by atoms with Crippen LogP contribution in [0.4, 0.5) is 10.5 Å². The molecule has 1 unspecified atom stereocenters. The topological polar surface area (TPSA) is 95.1 Å². The van der Waals surface area contributed by atoms with Crippen LogP contribution in [0.15, 0.2) is 29.3 Å². The summed E-state index contributed by atoms with van der Waals surface area (Å²) in [7, 11) is 0. The second-order valence-electron chi connectivity index (χ2n) is 8.35. The molecular weight excluding hydrogens is 382 g/mol. The van der Waals surface area contributed by atoms with E-state index < -0.39 is 11.7 Å². The van der Waals surface area contributed by atoms with Crippen LogP contribution in [0.5, 0.6) is 0 Å². The Balaban J connectivity index is 1.90. The number of alkyl carbamates (subject to hydrolysis) is 1. The molecule has 0 aliphatic carbocycles. The minimum Gasteiger partial charge on any atom is -0.444 e. The molecule has 1 saturated heterocycles. The molecule has 1 aliphatic heterocycles. The van der Waals surface area contributed by atoms with Crippen molar-refractivity contribution in [3.05, 3.63) is 29.8 Å². The van der Waals surface area contributed by atoms with E-state index >= 15 is 0 Å². The average molecular weight is 418 g/mol. The van der Waals surface area contributed by atoms with E-state index in [4.69, 9.17) is 4.74 Å². The monoisotopic (exact) mass is 417 g/mol. The molecule has 1 aromatic rings. The zero-order chi connectivity index (χ0) is 22.1. The molecule has 0 radical (unpaired) electrons. The Morgan fingerprint density at radius 3 is 2.70 bits per heavy atom. The summed E-state index contributed by atoms with van der Waals surface area (Å²) in [4.78, 5) is 30.9. The number of benzene rings is 1. The van der Waals surface area contributed by atoms with E-state index in [1.807, 2.05) is 52.0 Å². The van der Waals surface area contributed by atoms with Crippen molar-refractivity contribution < 1.29 is 14.3 Å². The van der Waals surface area contributed by atoms with Crippen LogP contribution >= 0.6 is 0 Å². The van der Waals surface area contributed by atoms with Crippen molar-refractivity contribution in [1.29, 1.82) is 0 Å². The maximum absolute atomic E-state index is 12.3. The minimum absolute atomic E-state index is 0.0192. The van der Waals surface area contributed by atoms with Gasteiger partial charge in [0.15, 0.2) is 5.96 Å². The number of guanidine groups is 1. The van der Waals surface area contributed by atoms with Crippen molar-refractivity contribution in [2.24, 2.45) is 4.99 Å². The molecule has 1 heterocycles. The number of carbonyl (C=O) groups excluding carboxylic acids is 2. The minimum atomic E-state index is -0.525. The van der Waals surface area contributed by atoms with Crippen molar-refractivity contribution in [2.45, 2.75) is 59.1 Å². The van der Waals surface area contributed by atoms with E-state index in [2.05, 4.69) is 32.8 Å². The number of anilines is 1. The fraction of sp³-hybridized carbons (Fsp3) is 0.591. The number of ether oxygens (including phenoxy) is 1. The molecule has 1 fully saturated rings. The molecule has 0 bridgehead atoms. The summed E-state index contributed by atoms with van der Waals surface area (Å²) < 4.78 is 5.33. The Morgan fingerprint density at radius 2 is 2.03 bits per heavy atom. The van der Waals surface area contributed by atoms with Gasteiger partial charge in [-0.15, -0.1) is 0 Å². The lowest BCUT2D eigenvalue weighted by Gasteiger charge is -2.23. The number of likely N-dealkylation sites (tertiary alicyclic amines) is 1. The Labute approximate surface area is 179 Å². The van der Waals surface area contributed by atoms with Gasteiger partial charge in [-0.25, -0.2) is 9.79 Å². The van der Waals surface area contributed by atoms with E-state index in [9.17, 15) is 9.59 Å². The number of amides is 2. The molecule has 0 saturated carbocycles. The van der Waals surface area contributed by atoms with Gasteiger partial charge >= 0.3 is 6.09 Å². The maximum Gasteiger partial charge on any atom is 0.407 e. The Hall–Kier alpha value is -2.77. The van der Waals surface area contributed by atoms with Gasteiger partial charge in [0.1, 0.15) is 12.1 Å². The molecule has 0 spiro atoms. The molecule has 1 atom stereocenters. The lowest BCUT2D eigenvalue weighted by Crippen LogP contribution is -2.44. The molecule has 166 valence electrons. The highest BCUT2D eigenvalue weighted by Gasteiger charge is 2.28. The molecule has 1 aliphatic rings. The second-order valence-corrected chi connectivity index (χ2v) is 8.35. The summed E-state index contributed by atoms with van der Waals surface area (Å²) in [6, 6.07) is 7.80. The number of hydrogen-bond acceptors (Lipinski definition) is 4. The summed E-state index contributed by atoms with van der Waals surface area (Å²) in [6.07, 6.45) is 1.30. The number of nitrogens with zero attached hydrogens (tertiary/aromatic N) is 2. The van der Waals surface area contributed by atoms with Gasteiger partial charge in [0.2, 0.25) is 5.91 Å². The largest absolute Gasteiger partial charge is 0.444 e. The third-order valence-electron chi connectivity index (χ3n) is 4.53. The molecule has 30 heavy (non-hydrogen) atoms. The van der Waals surface area contributed by atoms with Crippen LogP contribution in [-0.4, -0.2) is 60.7 Å². The average Bonchev–Trinajstić information content (AvgIpc) is 3.11. The van der Waals surface area contributed by atoms with Crippen molar-refractivity contribution >= 4 is 23.6 Å². The van der Waals surface area contributed by atoms with Gasteiger partial charge in [-0.1, -0.05) is 19.1 Å². The summed E-state index contributed by atoms with van der Waals surface area (Å²) in [5.41, 5.74) is 1.43. The van der Waals surface area contributed by atoms with Crippen LogP contribution in [0.2, 0.25) is 0 Å². The van der Waals surface area contributed by atoms with Gasteiger partial charge in [0.25, 0.3) is 0 Å². The first-order valence-electron chi connectivity index (χ1n) is 10.6. The van der Waals surface area contributed by atoms with Gasteiger partial charge in [-0.2, -0.15) is 0 Å². The number of carbonyl (C=O) groups is 2. The van der Waals surface area contributed by atoms with E-state index in [1.165, 1.54) is 5.56 Å². The zero-order valence-corrected chi connectivity index (χ0v) is 18.7. The van der Waals surface area contributed by atoms with Gasteiger partial charge in [-0.3, -0.25) is 4.79 Å². The summed E-state index contributed by atoms with van der Waals surface area (Å²) in [6.45, 7) is 11.7. The fourth-order valence-corrected chi connectivity index (χ4v) is 3.19. The molecular formula is C22H35N5O3. The Morgan fingerprint density at radius 1 is 1.27 bits per heavy atom. The van der Waals surface area contributed by atoms with Crippen LogP contribution in [0, 0.1) is 0 Å². The first kappa shape index (κ1) is 23.5. The van der Waals surface area contributed by atoms with Gasteiger partial charge in [0.05, 0.1) is 6.04 Å². The smallest absolute Gasteiger partial charge is 0.407 e. The summed E-state index contributed by atoms with van der Waals surface area (Å²) in [5.74, 6) is 0.504. The Kier molecular flexibility index (Phi) is 8.50. The van der Waals surface area contributed by atoms with Gasteiger partial charge in [0, 0.05) is 25.3 Å². The first-order chi connectivity index (χ1) is 14.2. The van der Waals surface area contributed by atoms with Crippen LogP contribution in [-0.2, 0) is 16.0 Å². The molecule has 2 rings (SSSR count). The third-order valence-corrected chi connectivity index (χ3v) is 4.53. The normalized spacial score (nSPS) is 16.9. The highest BCUT2D eigenvalue weighted by molar-refractivity contribution is 5.94. The molecule has 8 nitrogen and oxygen atoms in total. The summed E-state index contributed by atoms with van der Waals surface area (Å²) in [5, 5.41) is 9.03.